The van der Waals surface area contributed by atoms with Crippen molar-refractivity contribution in [2.24, 2.45) is 5.73 Å². The molecule has 110 valence electrons. The van der Waals surface area contributed by atoms with E-state index in [1.165, 1.54) is 12.5 Å². The van der Waals surface area contributed by atoms with Crippen LogP contribution in [0.4, 0.5) is 10.5 Å². The Morgan fingerprint density at radius 2 is 1.80 bits per heavy atom. The lowest BCUT2D eigenvalue weighted by atomic mass is 10.1. The largest absolute Gasteiger partial charge is 0.478 e. The number of rotatable bonds is 1. The van der Waals surface area contributed by atoms with Gasteiger partial charge >= 0.3 is 12.0 Å². The van der Waals surface area contributed by atoms with Gasteiger partial charge in [-0.15, -0.1) is 0 Å². The molecular weight excluding hydrogens is 373 g/mol. The van der Waals surface area contributed by atoms with Crippen LogP contribution in [0.15, 0.2) is 18.2 Å². The lowest BCUT2D eigenvalue weighted by Crippen LogP contribution is -2.39. The average molecular weight is 391 g/mol. The maximum absolute atomic E-state index is 10.5. The van der Waals surface area contributed by atoms with Crippen molar-refractivity contribution in [3.05, 3.63) is 27.3 Å². The molecule has 2 rings (SSSR count). The Bertz CT molecular complexity index is 488. The predicted molar refractivity (Wildman–Crippen MR) is 85.5 cm³/mol. The highest BCUT2D eigenvalue weighted by Gasteiger charge is 2.11. The second kappa shape index (κ2) is 7.93. The van der Waals surface area contributed by atoms with Crippen molar-refractivity contribution in [1.29, 1.82) is 0 Å². The zero-order chi connectivity index (χ0) is 15.1. The van der Waals surface area contributed by atoms with E-state index in [0.717, 1.165) is 29.5 Å². The third kappa shape index (κ3) is 5.24. The number of hydrogen-bond donors (Lipinski definition) is 3. The fourth-order valence-corrected chi connectivity index (χ4v) is 2.36. The summed E-state index contributed by atoms with van der Waals surface area (Å²) in [4.78, 5) is 22.7. The molecule has 7 heteroatoms. The molecule has 1 aromatic carbocycles. The highest BCUT2D eigenvalue weighted by molar-refractivity contribution is 14.1. The van der Waals surface area contributed by atoms with Crippen molar-refractivity contribution in [3.8, 4) is 0 Å². The van der Waals surface area contributed by atoms with Crippen molar-refractivity contribution in [1.82, 2.24) is 4.90 Å². The summed E-state index contributed by atoms with van der Waals surface area (Å²) >= 11 is 2.07. The van der Waals surface area contributed by atoms with Gasteiger partial charge in [-0.2, -0.15) is 0 Å². The second-order valence-electron chi connectivity index (χ2n) is 4.42. The number of nitrogens with two attached hydrogens (primary N) is 2. The molecule has 0 radical (unpaired) electrons. The van der Waals surface area contributed by atoms with Gasteiger partial charge in [-0.1, -0.05) is 0 Å². The Morgan fingerprint density at radius 3 is 2.20 bits per heavy atom. The number of aromatic carboxylic acids is 1. The van der Waals surface area contributed by atoms with E-state index in [1.54, 1.807) is 17.0 Å². The van der Waals surface area contributed by atoms with E-state index in [4.69, 9.17) is 16.6 Å². The number of hydrogen-bond acceptors (Lipinski definition) is 3. The minimum absolute atomic E-state index is 0.158. The van der Waals surface area contributed by atoms with Crippen molar-refractivity contribution in [2.75, 3.05) is 18.8 Å². The molecule has 5 N–H and O–H groups in total. The molecule has 6 nitrogen and oxygen atoms in total. The van der Waals surface area contributed by atoms with Crippen LogP contribution in [0.1, 0.15) is 29.6 Å². The van der Waals surface area contributed by atoms with Gasteiger partial charge in [-0.3, -0.25) is 0 Å². The fraction of sp³-hybridized carbons (Fsp3) is 0.385. The number of piperidine rings is 1. The number of carbonyl (C=O) groups excluding carboxylic acids is 1. The number of carboxylic acids is 1. The van der Waals surface area contributed by atoms with Crippen LogP contribution in [0.3, 0.4) is 0 Å². The number of nitrogens with zero attached hydrogens (tertiary/aromatic N) is 1. The van der Waals surface area contributed by atoms with Gasteiger partial charge in [0.15, 0.2) is 0 Å². The number of urea groups is 1. The molecule has 0 saturated carbocycles. The van der Waals surface area contributed by atoms with Crippen LogP contribution in [0.5, 0.6) is 0 Å². The molecule has 1 saturated heterocycles. The number of carbonyl (C=O) groups is 2. The highest BCUT2D eigenvalue weighted by Crippen LogP contribution is 2.15. The SMILES string of the molecule is NC(=O)N1CCCCC1.Nc1cc(I)ccc1C(=O)O. The van der Waals surface area contributed by atoms with Crippen LogP contribution < -0.4 is 11.5 Å². The lowest BCUT2D eigenvalue weighted by molar-refractivity contribution is 0.0698. The normalized spacial score (nSPS) is 14.2. The first-order valence-electron chi connectivity index (χ1n) is 6.24. The summed E-state index contributed by atoms with van der Waals surface area (Å²) in [6, 6.07) is 4.57. The summed E-state index contributed by atoms with van der Waals surface area (Å²) < 4.78 is 0.935. The first kappa shape index (κ1) is 16.5. The van der Waals surface area contributed by atoms with E-state index in [9.17, 15) is 9.59 Å². The standard InChI is InChI=1S/C7H6INO2.C6H12N2O/c8-4-1-2-5(7(10)11)6(9)3-4;7-6(9)8-4-2-1-3-5-8/h1-3H,9H2,(H,10,11);1-5H2,(H2,7,9). The van der Waals surface area contributed by atoms with E-state index in [-0.39, 0.29) is 11.6 Å². The number of carboxylic acid groups (broad SMARTS) is 1. The van der Waals surface area contributed by atoms with Gasteiger partial charge in [0.2, 0.25) is 0 Å². The molecule has 1 heterocycles. The third-order valence-electron chi connectivity index (χ3n) is 2.91. The molecule has 1 aliphatic heterocycles. The van der Waals surface area contributed by atoms with Crippen LogP contribution in [-0.2, 0) is 0 Å². The average Bonchev–Trinajstić information content (AvgIpc) is 2.40. The molecule has 0 bridgehead atoms. The van der Waals surface area contributed by atoms with Gasteiger partial charge in [0.25, 0.3) is 0 Å². The zero-order valence-corrected chi connectivity index (χ0v) is 13.2. The van der Waals surface area contributed by atoms with E-state index in [1.807, 2.05) is 0 Å². The quantitative estimate of drug-likeness (QED) is 0.503. The Morgan fingerprint density at radius 1 is 1.20 bits per heavy atom. The molecule has 2 amide bonds. The monoisotopic (exact) mass is 391 g/mol. The van der Waals surface area contributed by atoms with Crippen molar-refractivity contribution in [2.45, 2.75) is 19.3 Å². The topological polar surface area (TPSA) is 110 Å². The number of primary amides is 1. The first-order valence-corrected chi connectivity index (χ1v) is 7.32. The van der Waals surface area contributed by atoms with Crippen molar-refractivity contribution >= 4 is 40.3 Å². The highest BCUT2D eigenvalue weighted by atomic mass is 127. The summed E-state index contributed by atoms with van der Waals surface area (Å²) in [5.74, 6) is -0.987. The molecule has 0 spiro atoms. The number of halogens is 1. The molecule has 0 atom stereocenters. The van der Waals surface area contributed by atoms with Gasteiger partial charge in [-0.25, -0.2) is 9.59 Å². The predicted octanol–water partition coefficient (Wildman–Crippen LogP) is 2.12. The van der Waals surface area contributed by atoms with Crippen molar-refractivity contribution in [3.63, 3.8) is 0 Å². The van der Waals surface area contributed by atoms with E-state index >= 15 is 0 Å². The molecule has 0 aromatic heterocycles. The van der Waals surface area contributed by atoms with Gasteiger partial charge in [0.05, 0.1) is 5.56 Å². The van der Waals surface area contributed by atoms with Gasteiger partial charge in [0.1, 0.15) is 0 Å². The maximum Gasteiger partial charge on any atom is 0.337 e. The van der Waals surface area contributed by atoms with Crippen molar-refractivity contribution < 1.29 is 14.7 Å². The number of likely N-dealkylation sites (tertiary alicyclic amines) is 1. The molecule has 1 aromatic rings. The summed E-state index contributed by atoms with van der Waals surface area (Å²) in [5.41, 5.74) is 11.0. The van der Waals surface area contributed by atoms with Crippen LogP contribution >= 0.6 is 22.6 Å². The maximum atomic E-state index is 10.5. The number of anilines is 1. The number of nitrogen functional groups attached to an aromatic ring is 1. The lowest BCUT2D eigenvalue weighted by Gasteiger charge is -2.24. The Kier molecular flexibility index (Phi) is 6.56. The van der Waals surface area contributed by atoms with E-state index < -0.39 is 5.97 Å². The van der Waals surface area contributed by atoms with E-state index in [2.05, 4.69) is 22.6 Å². The van der Waals surface area contributed by atoms with Crippen LogP contribution in [0, 0.1) is 3.57 Å². The third-order valence-corrected chi connectivity index (χ3v) is 3.58. The Labute approximate surface area is 131 Å². The molecule has 0 unspecified atom stereocenters. The molecule has 1 fully saturated rings. The minimum atomic E-state index is -0.987. The number of amides is 2. The first-order chi connectivity index (χ1) is 9.41. The molecular formula is C13H18IN3O3. The van der Waals surface area contributed by atoms with Gasteiger partial charge in [-0.05, 0) is 60.1 Å². The summed E-state index contributed by atoms with van der Waals surface area (Å²) in [5, 5.41) is 8.57. The summed E-state index contributed by atoms with van der Waals surface area (Å²) in [6.07, 6.45) is 3.47. The fourth-order valence-electron chi connectivity index (χ4n) is 1.84. The smallest absolute Gasteiger partial charge is 0.337 e. The van der Waals surface area contributed by atoms with Crippen LogP contribution in [0.2, 0.25) is 0 Å². The summed E-state index contributed by atoms with van der Waals surface area (Å²) in [7, 11) is 0. The van der Waals surface area contributed by atoms with Crippen LogP contribution in [-0.4, -0.2) is 35.1 Å². The Balaban J connectivity index is 0.000000204. The Hall–Kier alpha value is -1.51. The van der Waals surface area contributed by atoms with Gasteiger partial charge < -0.3 is 21.5 Å². The summed E-state index contributed by atoms with van der Waals surface area (Å²) in [6.45, 7) is 1.71. The second-order valence-corrected chi connectivity index (χ2v) is 5.67. The van der Waals surface area contributed by atoms with Crippen LogP contribution in [0.25, 0.3) is 0 Å². The van der Waals surface area contributed by atoms with Gasteiger partial charge in [0, 0.05) is 22.3 Å². The zero-order valence-electron chi connectivity index (χ0n) is 11.0. The minimum Gasteiger partial charge on any atom is -0.478 e. The molecule has 0 aliphatic carbocycles. The molecule has 20 heavy (non-hydrogen) atoms. The molecule has 1 aliphatic rings. The van der Waals surface area contributed by atoms with E-state index in [0.29, 0.717) is 5.69 Å². The number of benzene rings is 1.